The maximum absolute atomic E-state index is 12.3. The van der Waals surface area contributed by atoms with E-state index in [-0.39, 0.29) is 29.8 Å². The van der Waals surface area contributed by atoms with Crippen LogP contribution in [0, 0.1) is 6.92 Å². The molecule has 1 aromatic rings. The molecule has 0 aliphatic heterocycles. The third kappa shape index (κ3) is 5.62. The molecule has 0 heterocycles. The molecule has 1 rings (SSSR count). The quantitative estimate of drug-likeness (QED) is 0.756. The fourth-order valence-corrected chi connectivity index (χ4v) is 3.01. The van der Waals surface area contributed by atoms with Gasteiger partial charge in [0.05, 0.1) is 4.90 Å². The molecule has 0 saturated heterocycles. The molecule has 1 amide bonds. The lowest BCUT2D eigenvalue weighted by Gasteiger charge is -2.24. The Bertz CT molecular complexity index is 615. The van der Waals surface area contributed by atoms with Crippen LogP contribution in [0.25, 0.3) is 0 Å². The first-order valence-electron chi connectivity index (χ1n) is 6.20. The molecule has 0 spiro atoms. The minimum atomic E-state index is -3.69. The Kier molecular flexibility index (Phi) is 6.82. The number of anilines is 1. The summed E-state index contributed by atoms with van der Waals surface area (Å²) >= 11 is 0. The zero-order valence-corrected chi connectivity index (χ0v) is 14.2. The summed E-state index contributed by atoms with van der Waals surface area (Å²) in [4.78, 5) is 11.2. The molecule has 8 heteroatoms. The van der Waals surface area contributed by atoms with Crippen molar-refractivity contribution in [2.45, 2.75) is 38.1 Å². The predicted octanol–water partition coefficient (Wildman–Crippen LogP) is 1.39. The lowest BCUT2D eigenvalue weighted by molar-refractivity contribution is -0.114. The molecule has 0 radical (unpaired) electrons. The highest BCUT2D eigenvalue weighted by Crippen LogP contribution is 2.21. The smallest absolute Gasteiger partial charge is 0.241 e. The van der Waals surface area contributed by atoms with Crippen LogP contribution in [-0.4, -0.2) is 26.4 Å². The van der Waals surface area contributed by atoms with Gasteiger partial charge in [0.2, 0.25) is 15.9 Å². The van der Waals surface area contributed by atoms with Crippen LogP contribution in [0.2, 0.25) is 0 Å². The summed E-state index contributed by atoms with van der Waals surface area (Å²) < 4.78 is 27.1. The maximum atomic E-state index is 12.3. The number of carbonyl (C=O) groups is 1. The Morgan fingerprint density at radius 1 is 1.33 bits per heavy atom. The number of hydrogen-bond acceptors (Lipinski definition) is 4. The number of benzene rings is 1. The van der Waals surface area contributed by atoms with E-state index in [1.54, 1.807) is 26.8 Å². The molecule has 4 N–H and O–H groups in total. The Balaban J connectivity index is 0.00000400. The first kappa shape index (κ1) is 19.9. The third-order valence-corrected chi connectivity index (χ3v) is 4.45. The molecule has 0 unspecified atom stereocenters. The number of nitrogens with two attached hydrogens (primary N) is 1. The minimum absolute atomic E-state index is 0. The van der Waals surface area contributed by atoms with Gasteiger partial charge < -0.3 is 11.1 Å². The number of carbonyl (C=O) groups excluding carboxylic acids is 1. The van der Waals surface area contributed by atoms with Gasteiger partial charge in [-0.25, -0.2) is 13.1 Å². The molecule has 0 aromatic heterocycles. The molecule has 0 fully saturated rings. The molecule has 0 bridgehead atoms. The van der Waals surface area contributed by atoms with E-state index in [0.717, 1.165) is 5.56 Å². The fraction of sp³-hybridized carbons (Fsp3) is 0.462. The molecule has 120 valence electrons. The van der Waals surface area contributed by atoms with Crippen LogP contribution >= 0.6 is 12.4 Å². The minimum Gasteiger partial charge on any atom is -0.329 e. The highest BCUT2D eigenvalue weighted by Gasteiger charge is 2.25. The summed E-state index contributed by atoms with van der Waals surface area (Å²) in [5.41, 5.74) is 6.06. The van der Waals surface area contributed by atoms with E-state index in [2.05, 4.69) is 10.0 Å². The first-order valence-corrected chi connectivity index (χ1v) is 7.68. The molecule has 0 saturated carbocycles. The molecule has 1 aromatic carbocycles. The molecular formula is C13H22ClN3O3S. The zero-order chi connectivity index (χ0) is 15.6. The molecule has 0 aliphatic rings. The average Bonchev–Trinajstić information content (AvgIpc) is 2.30. The molecule has 0 atom stereocenters. The maximum Gasteiger partial charge on any atom is 0.241 e. The number of hydrogen-bond donors (Lipinski definition) is 3. The van der Waals surface area contributed by atoms with Crippen LogP contribution < -0.4 is 15.8 Å². The summed E-state index contributed by atoms with van der Waals surface area (Å²) in [6, 6.07) is 4.58. The van der Waals surface area contributed by atoms with Crippen LogP contribution in [0.3, 0.4) is 0 Å². The number of nitrogens with one attached hydrogen (secondary N) is 2. The lowest BCUT2D eigenvalue weighted by Crippen LogP contribution is -2.48. The van der Waals surface area contributed by atoms with Crippen molar-refractivity contribution in [1.29, 1.82) is 0 Å². The van der Waals surface area contributed by atoms with Gasteiger partial charge in [0, 0.05) is 24.7 Å². The normalized spacial score (nSPS) is 11.7. The van der Waals surface area contributed by atoms with Crippen molar-refractivity contribution in [2.75, 3.05) is 11.9 Å². The van der Waals surface area contributed by atoms with E-state index in [1.807, 2.05) is 0 Å². The van der Waals surface area contributed by atoms with Crippen LogP contribution in [-0.2, 0) is 14.8 Å². The van der Waals surface area contributed by atoms with Crippen LogP contribution in [0.15, 0.2) is 23.1 Å². The van der Waals surface area contributed by atoms with Crippen LogP contribution in [0.4, 0.5) is 5.69 Å². The highest BCUT2D eigenvalue weighted by atomic mass is 35.5. The van der Waals surface area contributed by atoms with E-state index < -0.39 is 15.6 Å². The molecule has 21 heavy (non-hydrogen) atoms. The summed E-state index contributed by atoms with van der Waals surface area (Å²) in [6.07, 6.45) is 0. The van der Waals surface area contributed by atoms with E-state index >= 15 is 0 Å². The van der Waals surface area contributed by atoms with Gasteiger partial charge in [-0.05, 0) is 38.5 Å². The van der Waals surface area contributed by atoms with Gasteiger partial charge in [0.1, 0.15) is 0 Å². The Hall–Kier alpha value is -1.15. The second-order valence-corrected chi connectivity index (χ2v) is 7.03. The van der Waals surface area contributed by atoms with E-state index in [4.69, 9.17) is 5.73 Å². The van der Waals surface area contributed by atoms with Crippen molar-refractivity contribution in [3.05, 3.63) is 23.8 Å². The Morgan fingerprint density at radius 2 is 1.90 bits per heavy atom. The van der Waals surface area contributed by atoms with Gasteiger partial charge in [-0.1, -0.05) is 6.07 Å². The van der Waals surface area contributed by atoms with Gasteiger partial charge in [0.15, 0.2) is 0 Å². The largest absolute Gasteiger partial charge is 0.329 e. The third-order valence-electron chi connectivity index (χ3n) is 2.75. The predicted molar refractivity (Wildman–Crippen MR) is 86.2 cm³/mol. The fourth-order valence-electron chi connectivity index (χ4n) is 1.56. The SMILES string of the molecule is CC(=O)Nc1cc(S(=O)(=O)NC(C)(C)CN)ccc1C.Cl. The van der Waals surface area contributed by atoms with Crippen molar-refractivity contribution in [2.24, 2.45) is 5.73 Å². The van der Waals surface area contributed by atoms with Crippen LogP contribution in [0.5, 0.6) is 0 Å². The monoisotopic (exact) mass is 335 g/mol. The second kappa shape index (κ2) is 7.22. The average molecular weight is 336 g/mol. The summed E-state index contributed by atoms with van der Waals surface area (Å²) in [5.74, 6) is -0.252. The van der Waals surface area contributed by atoms with Gasteiger partial charge >= 0.3 is 0 Å². The van der Waals surface area contributed by atoms with Gasteiger partial charge in [-0.2, -0.15) is 0 Å². The molecule has 0 aliphatic carbocycles. The molecular weight excluding hydrogens is 314 g/mol. The summed E-state index contributed by atoms with van der Waals surface area (Å²) in [7, 11) is -3.69. The number of halogens is 1. The standard InChI is InChI=1S/C13H21N3O3S.ClH/c1-9-5-6-11(7-12(9)15-10(2)17)20(18,19)16-13(3,4)8-14;/h5-7,16H,8,14H2,1-4H3,(H,15,17);1H. The number of rotatable bonds is 5. The second-order valence-electron chi connectivity index (χ2n) is 5.35. The van der Waals surface area contributed by atoms with Crippen molar-refractivity contribution < 1.29 is 13.2 Å². The lowest BCUT2D eigenvalue weighted by atomic mass is 10.1. The van der Waals surface area contributed by atoms with Crippen molar-refractivity contribution >= 4 is 34.0 Å². The van der Waals surface area contributed by atoms with E-state index in [1.165, 1.54) is 19.1 Å². The van der Waals surface area contributed by atoms with Gasteiger partial charge in [-0.3, -0.25) is 4.79 Å². The van der Waals surface area contributed by atoms with E-state index in [9.17, 15) is 13.2 Å². The van der Waals surface area contributed by atoms with Crippen molar-refractivity contribution in [3.8, 4) is 0 Å². The number of amides is 1. The van der Waals surface area contributed by atoms with Crippen molar-refractivity contribution in [3.63, 3.8) is 0 Å². The number of sulfonamides is 1. The first-order chi connectivity index (χ1) is 9.07. The highest BCUT2D eigenvalue weighted by molar-refractivity contribution is 7.89. The van der Waals surface area contributed by atoms with Crippen LogP contribution in [0.1, 0.15) is 26.3 Å². The zero-order valence-electron chi connectivity index (χ0n) is 12.6. The number of aryl methyl sites for hydroxylation is 1. The van der Waals surface area contributed by atoms with Gasteiger partial charge in [0.25, 0.3) is 0 Å². The van der Waals surface area contributed by atoms with Crippen molar-refractivity contribution in [1.82, 2.24) is 4.72 Å². The van der Waals surface area contributed by atoms with Gasteiger partial charge in [-0.15, -0.1) is 12.4 Å². The summed E-state index contributed by atoms with van der Waals surface area (Å²) in [6.45, 7) is 6.74. The van der Waals surface area contributed by atoms with E-state index in [0.29, 0.717) is 5.69 Å². The Morgan fingerprint density at radius 3 is 2.38 bits per heavy atom. The summed E-state index contributed by atoms with van der Waals surface area (Å²) in [5, 5.41) is 2.61. The topological polar surface area (TPSA) is 101 Å². The Labute approximate surface area is 132 Å². The molecule has 6 nitrogen and oxygen atoms in total.